The molecule has 1 aromatic heterocycles. The second kappa shape index (κ2) is 9.33. The summed E-state index contributed by atoms with van der Waals surface area (Å²) in [6.45, 7) is -0.408. The number of rotatable bonds is 6. The van der Waals surface area contributed by atoms with E-state index in [4.69, 9.17) is 20.8 Å². The van der Waals surface area contributed by atoms with E-state index >= 15 is 0 Å². The average molecular weight is 469 g/mol. The zero-order valence-corrected chi connectivity index (χ0v) is 18.4. The summed E-state index contributed by atoms with van der Waals surface area (Å²) >= 11 is 6.66. The third kappa shape index (κ3) is 4.71. The predicted molar refractivity (Wildman–Crippen MR) is 123 cm³/mol. The minimum Gasteiger partial charge on any atom is -0.495 e. The Balaban J connectivity index is 1.45. The standard InChI is InChI=1S/C23H17ClN2O5S/c1-30-19-5-3-2-4-17(19)25-21(27)13-26-22(28)20(32-23(26)29)12-16-10-11-18(31-16)14-6-8-15(24)9-7-14/h2-12H,13H2,1H3,(H,25,27)/b20-12+. The number of hydrogen-bond donors (Lipinski definition) is 1. The van der Waals surface area contributed by atoms with Crippen LogP contribution in [0.1, 0.15) is 5.76 Å². The van der Waals surface area contributed by atoms with Crippen LogP contribution < -0.4 is 10.1 Å². The number of nitrogens with zero attached hydrogens (tertiary/aromatic N) is 1. The molecule has 3 amide bonds. The van der Waals surface area contributed by atoms with Gasteiger partial charge < -0.3 is 14.5 Å². The molecule has 0 aliphatic carbocycles. The van der Waals surface area contributed by atoms with Crippen LogP contribution in [-0.2, 0) is 9.59 Å². The summed E-state index contributed by atoms with van der Waals surface area (Å²) in [6, 6.07) is 17.5. The number of benzene rings is 2. The maximum Gasteiger partial charge on any atom is 0.294 e. The van der Waals surface area contributed by atoms with Crippen molar-refractivity contribution < 1.29 is 23.5 Å². The predicted octanol–water partition coefficient (Wildman–Crippen LogP) is 5.28. The fourth-order valence-electron chi connectivity index (χ4n) is 3.05. The fraction of sp³-hybridized carbons (Fsp3) is 0.0870. The summed E-state index contributed by atoms with van der Waals surface area (Å²) in [5.41, 5.74) is 1.28. The molecule has 162 valence electrons. The third-order valence-electron chi connectivity index (χ3n) is 4.59. The lowest BCUT2D eigenvalue weighted by molar-refractivity contribution is -0.127. The zero-order valence-electron chi connectivity index (χ0n) is 16.8. The Hall–Kier alpha value is -3.49. The second-order valence-electron chi connectivity index (χ2n) is 6.73. The van der Waals surface area contributed by atoms with Crippen molar-refractivity contribution in [1.29, 1.82) is 0 Å². The van der Waals surface area contributed by atoms with Gasteiger partial charge in [0.2, 0.25) is 5.91 Å². The lowest BCUT2D eigenvalue weighted by Gasteiger charge is -2.14. The van der Waals surface area contributed by atoms with Gasteiger partial charge in [-0.2, -0.15) is 0 Å². The molecule has 3 aromatic rings. The average Bonchev–Trinajstić information content (AvgIpc) is 3.35. The lowest BCUT2D eigenvalue weighted by atomic mass is 10.2. The Morgan fingerprint density at radius 1 is 1.12 bits per heavy atom. The first-order valence-corrected chi connectivity index (χ1v) is 10.7. The number of methoxy groups -OCH3 is 1. The number of ether oxygens (including phenoxy) is 1. The van der Waals surface area contributed by atoms with Crippen molar-refractivity contribution in [1.82, 2.24) is 4.90 Å². The van der Waals surface area contributed by atoms with Crippen LogP contribution >= 0.6 is 23.4 Å². The van der Waals surface area contributed by atoms with E-state index in [1.165, 1.54) is 13.2 Å². The Bertz CT molecular complexity index is 1220. The van der Waals surface area contributed by atoms with Gasteiger partial charge in [-0.15, -0.1) is 0 Å². The molecular weight excluding hydrogens is 452 g/mol. The second-order valence-corrected chi connectivity index (χ2v) is 8.15. The molecule has 0 bridgehead atoms. The van der Waals surface area contributed by atoms with Crippen molar-refractivity contribution in [2.45, 2.75) is 0 Å². The van der Waals surface area contributed by atoms with Gasteiger partial charge in [0.15, 0.2) is 0 Å². The van der Waals surface area contributed by atoms with E-state index < -0.39 is 23.6 Å². The van der Waals surface area contributed by atoms with E-state index in [2.05, 4.69) is 5.32 Å². The number of para-hydroxylation sites is 2. The van der Waals surface area contributed by atoms with Gasteiger partial charge in [0.05, 0.1) is 17.7 Å². The van der Waals surface area contributed by atoms with Crippen molar-refractivity contribution in [3.8, 4) is 17.1 Å². The molecule has 32 heavy (non-hydrogen) atoms. The number of nitrogens with one attached hydrogen (secondary N) is 1. The van der Waals surface area contributed by atoms with E-state index in [0.29, 0.717) is 28.0 Å². The number of carbonyl (C=O) groups excluding carboxylic acids is 3. The largest absolute Gasteiger partial charge is 0.495 e. The smallest absolute Gasteiger partial charge is 0.294 e. The molecule has 0 atom stereocenters. The van der Waals surface area contributed by atoms with Gasteiger partial charge in [0.25, 0.3) is 11.1 Å². The molecular formula is C23H17ClN2O5S. The van der Waals surface area contributed by atoms with Gasteiger partial charge >= 0.3 is 0 Å². The molecule has 1 aliphatic rings. The maximum absolute atomic E-state index is 12.7. The van der Waals surface area contributed by atoms with E-state index in [1.807, 2.05) is 12.1 Å². The van der Waals surface area contributed by atoms with Crippen LogP contribution in [0, 0.1) is 0 Å². The summed E-state index contributed by atoms with van der Waals surface area (Å²) in [5, 5.41) is 2.74. The van der Waals surface area contributed by atoms with Crippen molar-refractivity contribution in [3.05, 3.63) is 76.4 Å². The van der Waals surface area contributed by atoms with Crippen LogP contribution in [0.25, 0.3) is 17.4 Å². The van der Waals surface area contributed by atoms with Crippen LogP contribution in [-0.4, -0.2) is 35.6 Å². The highest BCUT2D eigenvalue weighted by Gasteiger charge is 2.36. The topological polar surface area (TPSA) is 88.8 Å². The Labute approximate surface area is 193 Å². The van der Waals surface area contributed by atoms with Crippen molar-refractivity contribution >= 4 is 52.2 Å². The van der Waals surface area contributed by atoms with Gasteiger partial charge in [-0.25, -0.2) is 0 Å². The highest BCUT2D eigenvalue weighted by Crippen LogP contribution is 2.33. The summed E-state index contributed by atoms with van der Waals surface area (Å²) in [4.78, 5) is 38.5. The van der Waals surface area contributed by atoms with Gasteiger partial charge in [0.1, 0.15) is 23.8 Å². The van der Waals surface area contributed by atoms with Crippen molar-refractivity contribution in [3.63, 3.8) is 0 Å². The Morgan fingerprint density at radius 3 is 2.62 bits per heavy atom. The molecule has 1 aliphatic heterocycles. The van der Waals surface area contributed by atoms with Gasteiger partial charge in [-0.05, 0) is 60.3 Å². The van der Waals surface area contributed by atoms with Gasteiger partial charge in [-0.3, -0.25) is 19.3 Å². The molecule has 0 spiro atoms. The molecule has 2 heterocycles. The molecule has 4 rings (SSSR count). The zero-order chi connectivity index (χ0) is 22.7. The lowest BCUT2D eigenvalue weighted by Crippen LogP contribution is -2.36. The minimum absolute atomic E-state index is 0.178. The number of halogens is 1. The first-order valence-electron chi connectivity index (χ1n) is 9.48. The van der Waals surface area contributed by atoms with Gasteiger partial charge in [0, 0.05) is 16.7 Å². The molecule has 1 saturated heterocycles. The normalized spacial score (nSPS) is 14.8. The maximum atomic E-state index is 12.7. The Kier molecular flexibility index (Phi) is 6.34. The monoisotopic (exact) mass is 468 g/mol. The van der Waals surface area contributed by atoms with Crippen molar-refractivity contribution in [2.75, 3.05) is 19.0 Å². The number of carbonyl (C=O) groups is 3. The van der Waals surface area contributed by atoms with Crippen LogP contribution in [0.2, 0.25) is 5.02 Å². The molecule has 0 saturated carbocycles. The molecule has 1 fully saturated rings. The SMILES string of the molecule is COc1ccccc1NC(=O)CN1C(=O)S/C(=C/c2ccc(-c3ccc(Cl)cc3)o2)C1=O. The van der Waals surface area contributed by atoms with Crippen LogP contribution in [0.4, 0.5) is 10.5 Å². The van der Waals surface area contributed by atoms with E-state index in [0.717, 1.165) is 22.2 Å². The Morgan fingerprint density at radius 2 is 1.88 bits per heavy atom. The summed E-state index contributed by atoms with van der Waals surface area (Å²) in [6.07, 6.45) is 1.49. The molecule has 2 aromatic carbocycles. The first-order chi connectivity index (χ1) is 15.4. The number of hydrogen-bond acceptors (Lipinski definition) is 6. The van der Waals surface area contributed by atoms with Crippen molar-refractivity contribution in [2.24, 2.45) is 0 Å². The highest BCUT2D eigenvalue weighted by atomic mass is 35.5. The first kappa shape index (κ1) is 21.7. The summed E-state index contributed by atoms with van der Waals surface area (Å²) in [5.74, 6) is 0.423. The number of anilines is 1. The molecule has 0 radical (unpaired) electrons. The minimum atomic E-state index is -0.556. The molecule has 7 nitrogen and oxygen atoms in total. The van der Waals surface area contributed by atoms with Gasteiger partial charge in [-0.1, -0.05) is 23.7 Å². The quantitative estimate of drug-likeness (QED) is 0.495. The highest BCUT2D eigenvalue weighted by molar-refractivity contribution is 8.18. The summed E-state index contributed by atoms with van der Waals surface area (Å²) < 4.78 is 11.0. The molecule has 9 heteroatoms. The number of imide groups is 1. The fourth-order valence-corrected chi connectivity index (χ4v) is 3.99. The summed E-state index contributed by atoms with van der Waals surface area (Å²) in [7, 11) is 1.49. The number of amides is 3. The third-order valence-corrected chi connectivity index (χ3v) is 5.74. The van der Waals surface area contributed by atoms with E-state index in [9.17, 15) is 14.4 Å². The molecule has 1 N–H and O–H groups in total. The van der Waals surface area contributed by atoms with Crippen LogP contribution in [0.5, 0.6) is 5.75 Å². The van der Waals surface area contributed by atoms with E-state index in [-0.39, 0.29) is 4.91 Å². The number of furan rings is 1. The van der Waals surface area contributed by atoms with Crippen LogP contribution in [0.3, 0.4) is 0 Å². The molecule has 0 unspecified atom stereocenters. The van der Waals surface area contributed by atoms with Crippen LogP contribution in [0.15, 0.2) is 70.0 Å². The van der Waals surface area contributed by atoms with E-state index in [1.54, 1.807) is 48.5 Å². The number of thioether (sulfide) groups is 1.